The van der Waals surface area contributed by atoms with Crippen molar-refractivity contribution in [1.29, 1.82) is 0 Å². The predicted octanol–water partition coefficient (Wildman–Crippen LogP) is 3.89. The van der Waals surface area contributed by atoms with E-state index in [2.05, 4.69) is 53.2 Å². The van der Waals surface area contributed by atoms with Crippen molar-refractivity contribution in [2.24, 2.45) is 4.99 Å². The van der Waals surface area contributed by atoms with Crippen molar-refractivity contribution in [3.63, 3.8) is 0 Å². The molecule has 146 valence electrons. The number of aromatic nitrogens is 1. The van der Waals surface area contributed by atoms with E-state index in [9.17, 15) is 0 Å². The van der Waals surface area contributed by atoms with E-state index in [0.717, 1.165) is 43.4 Å². The Morgan fingerprint density at radius 1 is 1.12 bits per heavy atom. The van der Waals surface area contributed by atoms with Gasteiger partial charge in [0.1, 0.15) is 5.01 Å². The van der Waals surface area contributed by atoms with Crippen LogP contribution in [-0.2, 0) is 13.0 Å². The topological polar surface area (TPSA) is 52.5 Å². The van der Waals surface area contributed by atoms with E-state index in [-0.39, 0.29) is 24.0 Å². The van der Waals surface area contributed by atoms with Gasteiger partial charge in [-0.2, -0.15) is 0 Å². The molecule has 0 aromatic carbocycles. The minimum absolute atomic E-state index is 0. The lowest BCUT2D eigenvalue weighted by atomic mass is 10.3. The van der Waals surface area contributed by atoms with E-state index in [1.807, 2.05) is 6.20 Å². The molecule has 0 bridgehead atoms. The van der Waals surface area contributed by atoms with Crippen LogP contribution in [0.25, 0.3) is 0 Å². The van der Waals surface area contributed by atoms with Gasteiger partial charge < -0.3 is 15.5 Å². The molecule has 0 saturated heterocycles. The Hall–Kier alpha value is -0.410. The van der Waals surface area contributed by atoms with E-state index >= 15 is 0 Å². The first-order valence-corrected chi connectivity index (χ1v) is 10.2. The molecule has 0 spiro atoms. The van der Waals surface area contributed by atoms with Gasteiger partial charge in [0.2, 0.25) is 0 Å². The fourth-order valence-corrected chi connectivity index (χ4v) is 3.34. The molecule has 2 N–H and O–H groups in total. The van der Waals surface area contributed by atoms with Crippen molar-refractivity contribution in [3.8, 4) is 0 Å². The van der Waals surface area contributed by atoms with E-state index in [1.54, 1.807) is 11.3 Å². The Labute approximate surface area is 175 Å². The summed E-state index contributed by atoms with van der Waals surface area (Å²) in [6.07, 6.45) is 6.61. The average Bonchev–Trinajstić information content (AvgIpc) is 3.04. The van der Waals surface area contributed by atoms with Gasteiger partial charge in [0.25, 0.3) is 0 Å². The number of guanidine groups is 1. The monoisotopic (exact) mass is 481 g/mol. The molecule has 1 rings (SSSR count). The molecule has 0 aliphatic heterocycles. The Bertz CT molecular complexity index is 458. The summed E-state index contributed by atoms with van der Waals surface area (Å²) in [6, 6.07) is 0. The molecule has 0 fully saturated rings. The number of nitrogens with zero attached hydrogens (tertiary/aromatic N) is 3. The predicted molar refractivity (Wildman–Crippen MR) is 121 cm³/mol. The number of hydrogen-bond donors (Lipinski definition) is 2. The number of aliphatic imine (C=N–C) groups is 1. The summed E-state index contributed by atoms with van der Waals surface area (Å²) in [7, 11) is 0. The van der Waals surface area contributed by atoms with Crippen molar-refractivity contribution in [3.05, 3.63) is 16.1 Å². The van der Waals surface area contributed by atoms with Crippen molar-refractivity contribution in [1.82, 2.24) is 20.5 Å². The van der Waals surface area contributed by atoms with Gasteiger partial charge >= 0.3 is 0 Å². The number of thiazole rings is 1. The minimum Gasteiger partial charge on any atom is -0.357 e. The summed E-state index contributed by atoms with van der Waals surface area (Å²) in [4.78, 5) is 13.0. The lowest BCUT2D eigenvalue weighted by Gasteiger charge is -2.21. The molecule has 5 nitrogen and oxygen atoms in total. The van der Waals surface area contributed by atoms with E-state index in [0.29, 0.717) is 6.54 Å². The second-order valence-corrected chi connectivity index (χ2v) is 7.09. The summed E-state index contributed by atoms with van der Waals surface area (Å²) in [5, 5.41) is 7.84. The zero-order valence-corrected chi connectivity index (χ0v) is 19.5. The Balaban J connectivity index is 0.00000576. The van der Waals surface area contributed by atoms with Crippen LogP contribution in [0.5, 0.6) is 0 Å². The highest BCUT2D eigenvalue weighted by molar-refractivity contribution is 14.0. The van der Waals surface area contributed by atoms with Crippen LogP contribution >= 0.6 is 35.3 Å². The Morgan fingerprint density at radius 3 is 2.40 bits per heavy atom. The Morgan fingerprint density at radius 2 is 1.84 bits per heavy atom. The molecule has 0 saturated carbocycles. The summed E-state index contributed by atoms with van der Waals surface area (Å²) in [5.41, 5.74) is 0. The molecule has 0 aliphatic rings. The number of aryl methyl sites for hydroxylation is 1. The van der Waals surface area contributed by atoms with Crippen LogP contribution in [0, 0.1) is 0 Å². The molecule has 0 unspecified atom stereocenters. The standard InChI is InChI=1S/C18H35N5S.HI/c1-5-11-23(12-6-2)13-9-10-20-18(19-8-4)22-15-17-21-14-16(7-3)24-17;/h14H,5-13,15H2,1-4H3,(H2,19,20,22);1H. The number of nitrogens with one attached hydrogen (secondary N) is 2. The first-order valence-electron chi connectivity index (χ1n) is 9.41. The number of rotatable bonds is 12. The van der Waals surface area contributed by atoms with Crippen molar-refractivity contribution in [2.75, 3.05) is 32.7 Å². The molecule has 1 aromatic heterocycles. The van der Waals surface area contributed by atoms with Gasteiger partial charge in [0.05, 0.1) is 6.54 Å². The summed E-state index contributed by atoms with van der Waals surface area (Å²) < 4.78 is 0. The maximum atomic E-state index is 4.65. The maximum Gasteiger partial charge on any atom is 0.191 e. The number of hydrogen-bond acceptors (Lipinski definition) is 4. The fourth-order valence-electron chi connectivity index (χ4n) is 2.55. The SMILES string of the molecule is CCCN(CCC)CCCNC(=NCc1ncc(CC)s1)NCC.I. The van der Waals surface area contributed by atoms with Gasteiger partial charge in [0.15, 0.2) is 5.96 Å². The third-order valence-corrected chi connectivity index (χ3v) is 4.82. The van der Waals surface area contributed by atoms with Gasteiger partial charge in [-0.05, 0) is 52.2 Å². The molecule has 0 amide bonds. The fraction of sp³-hybridized carbons (Fsp3) is 0.778. The molecular formula is C18H36IN5S. The number of halogens is 1. The molecule has 1 aromatic rings. The normalized spacial score (nSPS) is 11.5. The quantitative estimate of drug-likeness (QED) is 0.206. The lowest BCUT2D eigenvalue weighted by molar-refractivity contribution is 0.271. The smallest absolute Gasteiger partial charge is 0.191 e. The Kier molecular flexibility index (Phi) is 15.6. The van der Waals surface area contributed by atoms with Gasteiger partial charge in [-0.15, -0.1) is 35.3 Å². The van der Waals surface area contributed by atoms with E-state index in [4.69, 9.17) is 0 Å². The lowest BCUT2D eigenvalue weighted by Crippen LogP contribution is -2.39. The van der Waals surface area contributed by atoms with Gasteiger partial charge in [-0.25, -0.2) is 9.98 Å². The second kappa shape index (κ2) is 15.8. The molecular weight excluding hydrogens is 445 g/mol. The first-order chi connectivity index (χ1) is 11.7. The third kappa shape index (κ3) is 11.0. The van der Waals surface area contributed by atoms with Crippen LogP contribution in [-0.4, -0.2) is 48.6 Å². The minimum atomic E-state index is 0. The van der Waals surface area contributed by atoms with Crippen LogP contribution in [0.15, 0.2) is 11.2 Å². The van der Waals surface area contributed by atoms with Crippen molar-refractivity contribution < 1.29 is 0 Å². The molecule has 0 radical (unpaired) electrons. The second-order valence-electron chi connectivity index (χ2n) is 5.89. The van der Waals surface area contributed by atoms with Crippen LogP contribution in [0.4, 0.5) is 0 Å². The highest BCUT2D eigenvalue weighted by Gasteiger charge is 2.04. The maximum absolute atomic E-state index is 4.65. The molecule has 0 aliphatic carbocycles. The third-order valence-electron chi connectivity index (χ3n) is 3.69. The zero-order valence-electron chi connectivity index (χ0n) is 16.3. The highest BCUT2D eigenvalue weighted by Crippen LogP contribution is 2.13. The van der Waals surface area contributed by atoms with Crippen molar-refractivity contribution >= 4 is 41.3 Å². The molecule has 25 heavy (non-hydrogen) atoms. The van der Waals surface area contributed by atoms with E-state index < -0.39 is 0 Å². The van der Waals surface area contributed by atoms with Crippen molar-refractivity contribution in [2.45, 2.75) is 59.9 Å². The van der Waals surface area contributed by atoms with Crippen LogP contribution in [0.2, 0.25) is 0 Å². The highest BCUT2D eigenvalue weighted by atomic mass is 127. The molecule has 0 atom stereocenters. The van der Waals surface area contributed by atoms with Crippen LogP contribution < -0.4 is 10.6 Å². The van der Waals surface area contributed by atoms with Crippen LogP contribution in [0.3, 0.4) is 0 Å². The summed E-state index contributed by atoms with van der Waals surface area (Å²) in [6.45, 7) is 14.8. The average molecular weight is 481 g/mol. The summed E-state index contributed by atoms with van der Waals surface area (Å²) in [5.74, 6) is 0.892. The van der Waals surface area contributed by atoms with Gasteiger partial charge in [-0.3, -0.25) is 0 Å². The zero-order chi connectivity index (χ0) is 17.6. The van der Waals surface area contributed by atoms with E-state index in [1.165, 1.54) is 30.8 Å². The van der Waals surface area contributed by atoms with Gasteiger partial charge in [-0.1, -0.05) is 20.8 Å². The summed E-state index contributed by atoms with van der Waals surface area (Å²) >= 11 is 1.76. The largest absolute Gasteiger partial charge is 0.357 e. The first kappa shape index (κ1) is 24.6. The molecule has 1 heterocycles. The molecule has 7 heteroatoms. The van der Waals surface area contributed by atoms with Crippen LogP contribution in [0.1, 0.15) is 56.8 Å². The van der Waals surface area contributed by atoms with Gasteiger partial charge in [0, 0.05) is 24.2 Å².